The van der Waals surface area contributed by atoms with E-state index in [0.717, 1.165) is 5.56 Å². The maximum absolute atomic E-state index is 13.3. The molecule has 0 bridgehead atoms. The van der Waals surface area contributed by atoms with E-state index >= 15 is 0 Å². The highest BCUT2D eigenvalue weighted by molar-refractivity contribution is 7.89. The van der Waals surface area contributed by atoms with Crippen molar-refractivity contribution in [2.24, 2.45) is 5.92 Å². The average molecular weight is 492 g/mol. The van der Waals surface area contributed by atoms with Crippen molar-refractivity contribution in [3.8, 4) is 5.75 Å². The van der Waals surface area contributed by atoms with E-state index in [1.165, 1.54) is 10.4 Å². The van der Waals surface area contributed by atoms with E-state index in [-0.39, 0.29) is 35.7 Å². The number of benzene rings is 2. The van der Waals surface area contributed by atoms with Crippen molar-refractivity contribution < 1.29 is 22.7 Å². The number of hydrogen-bond acceptors (Lipinski definition) is 5. The quantitative estimate of drug-likeness (QED) is 0.668. The Hall–Kier alpha value is -2.62. The third-order valence-electron chi connectivity index (χ3n) is 6.06. The van der Waals surface area contributed by atoms with E-state index in [0.29, 0.717) is 41.4 Å². The second-order valence-electron chi connectivity index (χ2n) is 8.35. The third-order valence-corrected chi connectivity index (χ3v) is 8.47. The molecule has 176 valence electrons. The normalized spacial score (nSPS) is 19.4. The number of rotatable bonds is 5. The van der Waals surface area contributed by atoms with Gasteiger partial charge in [-0.25, -0.2) is 8.42 Å². The van der Waals surface area contributed by atoms with E-state index in [4.69, 9.17) is 16.3 Å². The zero-order valence-electron chi connectivity index (χ0n) is 18.4. The highest BCUT2D eigenvalue weighted by atomic mass is 35.5. The van der Waals surface area contributed by atoms with Gasteiger partial charge in [-0.2, -0.15) is 4.31 Å². The Labute approximate surface area is 198 Å². The fraction of sp³-hybridized carbons (Fsp3) is 0.391. The van der Waals surface area contributed by atoms with Gasteiger partial charge in [-0.15, -0.1) is 0 Å². The molecule has 0 radical (unpaired) electrons. The molecule has 2 aromatic rings. The van der Waals surface area contributed by atoms with Crippen LogP contribution in [0.25, 0.3) is 0 Å². The Morgan fingerprint density at radius 2 is 1.94 bits per heavy atom. The predicted molar refractivity (Wildman–Crippen MR) is 125 cm³/mol. The first kappa shape index (κ1) is 23.5. The summed E-state index contributed by atoms with van der Waals surface area (Å²) in [4.78, 5) is 24.6. The molecule has 33 heavy (non-hydrogen) atoms. The van der Waals surface area contributed by atoms with Gasteiger partial charge in [0.1, 0.15) is 5.75 Å². The number of halogens is 1. The van der Waals surface area contributed by atoms with E-state index in [1.54, 1.807) is 26.0 Å². The molecule has 8 nitrogen and oxygen atoms in total. The average Bonchev–Trinajstić information content (AvgIpc) is 2.79. The van der Waals surface area contributed by atoms with Crippen molar-refractivity contribution in [1.29, 1.82) is 0 Å². The molecule has 4 rings (SSSR count). The van der Waals surface area contributed by atoms with Crippen molar-refractivity contribution in [3.63, 3.8) is 0 Å². The Balaban J connectivity index is 1.41. The SMILES string of the molecule is Cc1cc2c(cc1S(=O)(=O)N1CCC(C(=O)NCc3ccccc3Cl)CC1)O[C@@H](C)C(=O)N2. The second kappa shape index (κ2) is 9.32. The lowest BCUT2D eigenvalue weighted by Gasteiger charge is -2.31. The van der Waals surface area contributed by atoms with Gasteiger partial charge in [-0.1, -0.05) is 29.8 Å². The van der Waals surface area contributed by atoms with Crippen LogP contribution in [0.15, 0.2) is 41.3 Å². The maximum Gasteiger partial charge on any atom is 0.265 e. The number of ether oxygens (including phenoxy) is 1. The lowest BCUT2D eigenvalue weighted by atomic mass is 9.97. The van der Waals surface area contributed by atoms with Crippen LogP contribution in [0.5, 0.6) is 5.75 Å². The van der Waals surface area contributed by atoms with E-state index in [9.17, 15) is 18.0 Å². The van der Waals surface area contributed by atoms with E-state index < -0.39 is 16.1 Å². The number of piperidine rings is 1. The minimum absolute atomic E-state index is 0.102. The van der Waals surface area contributed by atoms with Crippen LogP contribution >= 0.6 is 11.6 Å². The lowest BCUT2D eigenvalue weighted by molar-refractivity contribution is -0.126. The molecular weight excluding hydrogens is 466 g/mol. The van der Waals surface area contributed by atoms with Crippen molar-refractivity contribution in [2.45, 2.75) is 44.2 Å². The van der Waals surface area contributed by atoms with Crippen LogP contribution in [0.4, 0.5) is 5.69 Å². The summed E-state index contributed by atoms with van der Waals surface area (Å²) < 4.78 is 33.7. The van der Waals surface area contributed by atoms with Gasteiger partial charge in [-0.3, -0.25) is 9.59 Å². The van der Waals surface area contributed by atoms with Crippen molar-refractivity contribution in [2.75, 3.05) is 18.4 Å². The van der Waals surface area contributed by atoms with Crippen LogP contribution in [-0.4, -0.2) is 43.7 Å². The fourth-order valence-electron chi connectivity index (χ4n) is 4.09. The minimum Gasteiger partial charge on any atom is -0.479 e. The number of sulfonamides is 1. The van der Waals surface area contributed by atoms with Gasteiger partial charge >= 0.3 is 0 Å². The summed E-state index contributed by atoms with van der Waals surface area (Å²) in [7, 11) is -3.78. The standard InChI is InChI=1S/C23H26ClN3O5S/c1-14-11-19-20(32-15(2)22(28)26-19)12-21(14)33(30,31)27-9-7-16(8-10-27)23(29)25-13-17-5-3-4-6-18(17)24/h3-6,11-12,15-16H,7-10,13H2,1-2H3,(H,25,29)(H,26,28)/t15-/m0/s1. The molecule has 0 unspecified atom stereocenters. The van der Waals surface area contributed by atoms with Crippen LogP contribution in [0.3, 0.4) is 0 Å². The molecule has 2 amide bonds. The Morgan fingerprint density at radius 1 is 1.24 bits per heavy atom. The minimum atomic E-state index is -3.78. The van der Waals surface area contributed by atoms with Crippen molar-refractivity contribution in [3.05, 3.63) is 52.5 Å². The summed E-state index contributed by atoms with van der Waals surface area (Å²) in [5, 5.41) is 6.23. The molecule has 2 aliphatic heterocycles. The van der Waals surface area contributed by atoms with Crippen LogP contribution in [0, 0.1) is 12.8 Å². The monoisotopic (exact) mass is 491 g/mol. The number of carbonyl (C=O) groups is 2. The first-order chi connectivity index (χ1) is 15.7. The third kappa shape index (κ3) is 4.85. The van der Waals surface area contributed by atoms with Gasteiger partial charge in [0.25, 0.3) is 5.91 Å². The summed E-state index contributed by atoms with van der Waals surface area (Å²) in [6.45, 7) is 4.12. The number of nitrogens with zero attached hydrogens (tertiary/aromatic N) is 1. The fourth-order valence-corrected chi connectivity index (χ4v) is 5.98. The Kier molecular flexibility index (Phi) is 6.65. The molecular formula is C23H26ClN3O5S. The number of nitrogens with one attached hydrogen (secondary N) is 2. The lowest BCUT2D eigenvalue weighted by Crippen LogP contribution is -2.43. The molecule has 0 saturated carbocycles. The summed E-state index contributed by atoms with van der Waals surface area (Å²) in [6.07, 6.45) is 0.165. The van der Waals surface area contributed by atoms with Gasteiger partial charge < -0.3 is 15.4 Å². The van der Waals surface area contributed by atoms with E-state index in [1.807, 2.05) is 18.2 Å². The molecule has 1 saturated heterocycles. The molecule has 1 fully saturated rings. The molecule has 2 heterocycles. The number of fused-ring (bicyclic) bond motifs is 1. The first-order valence-corrected chi connectivity index (χ1v) is 12.6. The number of anilines is 1. The number of carbonyl (C=O) groups excluding carboxylic acids is 2. The smallest absolute Gasteiger partial charge is 0.265 e. The maximum atomic E-state index is 13.3. The number of aryl methyl sites for hydroxylation is 1. The van der Waals surface area contributed by atoms with Crippen LogP contribution in [-0.2, 0) is 26.2 Å². The summed E-state index contributed by atoms with van der Waals surface area (Å²) in [5.74, 6) is -0.300. The van der Waals surface area contributed by atoms with Crippen LogP contribution in [0.2, 0.25) is 5.02 Å². The molecule has 2 N–H and O–H groups in total. The number of hydrogen-bond donors (Lipinski definition) is 2. The van der Waals surface area contributed by atoms with Crippen LogP contribution in [0.1, 0.15) is 30.9 Å². The zero-order valence-corrected chi connectivity index (χ0v) is 20.0. The largest absolute Gasteiger partial charge is 0.479 e. The Bertz CT molecular complexity index is 1190. The highest BCUT2D eigenvalue weighted by Crippen LogP contribution is 2.36. The Morgan fingerprint density at radius 3 is 2.64 bits per heavy atom. The molecule has 2 aromatic carbocycles. The number of amides is 2. The summed E-state index contributed by atoms with van der Waals surface area (Å²) >= 11 is 6.14. The molecule has 0 aromatic heterocycles. The highest BCUT2D eigenvalue weighted by Gasteiger charge is 2.34. The molecule has 2 aliphatic rings. The molecule has 1 atom stereocenters. The molecule has 10 heteroatoms. The zero-order chi connectivity index (χ0) is 23.8. The van der Waals surface area contributed by atoms with Crippen molar-refractivity contribution in [1.82, 2.24) is 9.62 Å². The van der Waals surface area contributed by atoms with Gasteiger partial charge in [0.2, 0.25) is 15.9 Å². The van der Waals surface area contributed by atoms with Gasteiger partial charge in [0, 0.05) is 36.6 Å². The van der Waals surface area contributed by atoms with Gasteiger partial charge in [-0.05, 0) is 49.9 Å². The topological polar surface area (TPSA) is 105 Å². The van der Waals surface area contributed by atoms with E-state index in [2.05, 4.69) is 10.6 Å². The van der Waals surface area contributed by atoms with Gasteiger partial charge in [0.05, 0.1) is 10.6 Å². The van der Waals surface area contributed by atoms with Crippen molar-refractivity contribution >= 4 is 39.1 Å². The van der Waals surface area contributed by atoms with Gasteiger partial charge in [0.15, 0.2) is 6.10 Å². The first-order valence-electron chi connectivity index (χ1n) is 10.8. The predicted octanol–water partition coefficient (Wildman–Crippen LogP) is 3.08. The second-order valence-corrected chi connectivity index (χ2v) is 10.7. The van der Waals surface area contributed by atoms with Crippen LogP contribution < -0.4 is 15.4 Å². The molecule has 0 aliphatic carbocycles. The molecule has 0 spiro atoms. The summed E-state index contributed by atoms with van der Waals surface area (Å²) in [6, 6.07) is 10.4. The summed E-state index contributed by atoms with van der Waals surface area (Å²) in [5.41, 5.74) is 1.82.